The molecule has 16 heavy (non-hydrogen) atoms. The highest BCUT2D eigenvalue weighted by Crippen LogP contribution is 1.95. The van der Waals surface area contributed by atoms with Crippen LogP contribution in [0.25, 0.3) is 0 Å². The van der Waals surface area contributed by atoms with E-state index in [1.54, 1.807) is 0 Å². The zero-order chi connectivity index (χ0) is 12.0. The lowest BCUT2D eigenvalue weighted by molar-refractivity contribution is -0.122. The van der Waals surface area contributed by atoms with Crippen molar-refractivity contribution in [3.63, 3.8) is 0 Å². The summed E-state index contributed by atoms with van der Waals surface area (Å²) in [5.74, 6) is -1.51. The maximum Gasteiger partial charge on any atom is 0.355 e. The predicted molar refractivity (Wildman–Crippen MR) is 51.9 cm³/mol. The van der Waals surface area contributed by atoms with E-state index in [-0.39, 0.29) is 18.1 Å². The summed E-state index contributed by atoms with van der Waals surface area (Å²) in [6.45, 7) is 0.590. The van der Waals surface area contributed by atoms with Gasteiger partial charge in [0, 0.05) is 13.7 Å². The molecule has 0 saturated heterocycles. The van der Waals surface area contributed by atoms with E-state index in [1.165, 1.54) is 7.11 Å². The van der Waals surface area contributed by atoms with Gasteiger partial charge in [0.05, 0.1) is 12.8 Å². The van der Waals surface area contributed by atoms with Crippen LogP contribution in [0.4, 0.5) is 0 Å². The molecule has 1 aromatic rings. The Balaban J connectivity index is 2.49. The molecule has 0 atom stereocenters. The van der Waals surface area contributed by atoms with Gasteiger partial charge in [0.15, 0.2) is 5.69 Å². The van der Waals surface area contributed by atoms with Gasteiger partial charge in [-0.25, -0.2) is 9.48 Å². The normalized spacial score (nSPS) is 10.1. The van der Waals surface area contributed by atoms with Crippen LogP contribution in [-0.2, 0) is 16.1 Å². The molecular weight excluding hydrogens is 216 g/mol. The van der Waals surface area contributed by atoms with Crippen LogP contribution in [-0.4, -0.2) is 52.2 Å². The fourth-order valence-corrected chi connectivity index (χ4v) is 1.02. The van der Waals surface area contributed by atoms with Crippen molar-refractivity contribution in [2.75, 3.05) is 20.3 Å². The summed E-state index contributed by atoms with van der Waals surface area (Å²) in [7, 11) is 1.52. The lowest BCUT2D eigenvalue weighted by Gasteiger charge is -2.04. The number of amides is 1. The van der Waals surface area contributed by atoms with Gasteiger partial charge in [-0.1, -0.05) is 5.21 Å². The van der Waals surface area contributed by atoms with Crippen molar-refractivity contribution in [2.45, 2.75) is 6.54 Å². The second-order valence-electron chi connectivity index (χ2n) is 2.92. The van der Waals surface area contributed by atoms with Crippen LogP contribution in [0.5, 0.6) is 0 Å². The van der Waals surface area contributed by atoms with Crippen molar-refractivity contribution in [1.29, 1.82) is 0 Å². The summed E-state index contributed by atoms with van der Waals surface area (Å²) in [4.78, 5) is 22.0. The van der Waals surface area contributed by atoms with Gasteiger partial charge in [-0.3, -0.25) is 4.79 Å². The minimum absolute atomic E-state index is 0.123. The number of hydrogen-bond acceptors (Lipinski definition) is 5. The van der Waals surface area contributed by atoms with E-state index in [0.717, 1.165) is 10.9 Å². The average molecular weight is 228 g/mol. The smallest absolute Gasteiger partial charge is 0.355 e. The molecule has 0 spiro atoms. The molecule has 0 aliphatic carbocycles. The third-order valence-electron chi connectivity index (χ3n) is 1.76. The van der Waals surface area contributed by atoms with Gasteiger partial charge in [0.1, 0.15) is 6.54 Å². The summed E-state index contributed by atoms with van der Waals surface area (Å²) >= 11 is 0. The number of nitrogens with zero attached hydrogens (tertiary/aromatic N) is 3. The second-order valence-corrected chi connectivity index (χ2v) is 2.92. The highest BCUT2D eigenvalue weighted by Gasteiger charge is 2.13. The molecule has 0 aliphatic heterocycles. The monoisotopic (exact) mass is 228 g/mol. The number of aromatic nitrogens is 3. The van der Waals surface area contributed by atoms with Gasteiger partial charge in [0.25, 0.3) is 0 Å². The summed E-state index contributed by atoms with van der Waals surface area (Å²) in [6, 6.07) is 0. The van der Waals surface area contributed by atoms with E-state index < -0.39 is 5.97 Å². The first-order chi connectivity index (χ1) is 7.65. The first kappa shape index (κ1) is 12.1. The fraction of sp³-hybridized carbons (Fsp3) is 0.500. The van der Waals surface area contributed by atoms with E-state index >= 15 is 0 Å². The molecule has 8 heteroatoms. The van der Waals surface area contributed by atoms with Crippen molar-refractivity contribution < 1.29 is 19.4 Å². The summed E-state index contributed by atoms with van der Waals surface area (Å²) in [6.07, 6.45) is 1.09. The van der Waals surface area contributed by atoms with Gasteiger partial charge in [-0.05, 0) is 0 Å². The SMILES string of the molecule is COCCNC(=O)Cn1nncc1C(=O)O. The van der Waals surface area contributed by atoms with Gasteiger partial charge < -0.3 is 15.2 Å². The van der Waals surface area contributed by atoms with Crippen LogP contribution in [0.3, 0.4) is 0 Å². The lowest BCUT2D eigenvalue weighted by atomic mass is 10.4. The first-order valence-electron chi connectivity index (χ1n) is 4.52. The Kier molecular flexibility index (Phi) is 4.40. The van der Waals surface area contributed by atoms with Crippen LogP contribution >= 0.6 is 0 Å². The molecule has 88 valence electrons. The first-order valence-corrected chi connectivity index (χ1v) is 4.52. The molecule has 2 N–H and O–H groups in total. The number of rotatable bonds is 6. The van der Waals surface area contributed by atoms with Gasteiger partial charge in [-0.15, -0.1) is 5.10 Å². The number of hydrogen-bond donors (Lipinski definition) is 2. The second kappa shape index (κ2) is 5.81. The van der Waals surface area contributed by atoms with Crippen molar-refractivity contribution >= 4 is 11.9 Å². The highest BCUT2D eigenvalue weighted by molar-refractivity contribution is 5.86. The quantitative estimate of drug-likeness (QED) is 0.588. The van der Waals surface area contributed by atoms with E-state index in [1.807, 2.05) is 0 Å². The summed E-state index contributed by atoms with van der Waals surface area (Å²) in [5.41, 5.74) is -0.123. The minimum Gasteiger partial charge on any atom is -0.476 e. The number of carbonyl (C=O) groups is 2. The van der Waals surface area contributed by atoms with Crippen molar-refractivity contribution in [3.8, 4) is 0 Å². The zero-order valence-electron chi connectivity index (χ0n) is 8.71. The molecule has 1 amide bonds. The molecule has 8 nitrogen and oxygen atoms in total. The number of ether oxygens (including phenoxy) is 1. The van der Waals surface area contributed by atoms with Crippen molar-refractivity contribution in [3.05, 3.63) is 11.9 Å². The molecule has 1 heterocycles. The number of aromatic carboxylic acids is 1. The van der Waals surface area contributed by atoms with Gasteiger partial charge in [-0.2, -0.15) is 0 Å². The largest absolute Gasteiger partial charge is 0.476 e. The maximum absolute atomic E-state index is 11.3. The Labute approximate surface area is 91.2 Å². The van der Waals surface area contributed by atoms with Crippen LogP contribution in [0, 0.1) is 0 Å². The Morgan fingerprint density at radius 3 is 3.00 bits per heavy atom. The molecule has 0 aromatic carbocycles. The molecular formula is C8H12N4O4. The minimum atomic E-state index is -1.17. The van der Waals surface area contributed by atoms with E-state index in [0.29, 0.717) is 13.2 Å². The number of carbonyl (C=O) groups excluding carboxylic acids is 1. The number of nitrogens with one attached hydrogen (secondary N) is 1. The molecule has 0 aliphatic rings. The Hall–Kier alpha value is -1.96. The molecule has 0 radical (unpaired) electrons. The fourth-order valence-electron chi connectivity index (χ4n) is 1.02. The standard InChI is InChI=1S/C8H12N4O4/c1-16-3-2-9-7(13)5-12-6(8(14)15)4-10-11-12/h4H,2-3,5H2,1H3,(H,9,13)(H,14,15). The lowest BCUT2D eigenvalue weighted by Crippen LogP contribution is -2.31. The van der Waals surface area contributed by atoms with Crippen LogP contribution < -0.4 is 5.32 Å². The van der Waals surface area contributed by atoms with Crippen molar-refractivity contribution in [2.24, 2.45) is 0 Å². The predicted octanol–water partition coefficient (Wildman–Crippen LogP) is -1.26. The number of carboxylic acids is 1. The molecule has 1 aromatic heterocycles. The molecule has 0 fully saturated rings. The van der Waals surface area contributed by atoms with Gasteiger partial charge in [0.2, 0.25) is 5.91 Å². The average Bonchev–Trinajstić information content (AvgIpc) is 2.66. The summed E-state index contributed by atoms with van der Waals surface area (Å²) < 4.78 is 5.76. The maximum atomic E-state index is 11.3. The number of carboxylic acid groups (broad SMARTS) is 1. The van der Waals surface area contributed by atoms with Crippen molar-refractivity contribution in [1.82, 2.24) is 20.3 Å². The number of methoxy groups -OCH3 is 1. The summed E-state index contributed by atoms with van der Waals surface area (Å²) in [5, 5.41) is 18.2. The third-order valence-corrected chi connectivity index (χ3v) is 1.76. The topological polar surface area (TPSA) is 106 Å². The van der Waals surface area contributed by atoms with E-state index in [4.69, 9.17) is 9.84 Å². The highest BCUT2D eigenvalue weighted by atomic mass is 16.5. The molecule has 0 saturated carbocycles. The van der Waals surface area contributed by atoms with Crippen LogP contribution in [0.15, 0.2) is 6.20 Å². The molecule has 0 bridgehead atoms. The zero-order valence-corrected chi connectivity index (χ0v) is 8.71. The van der Waals surface area contributed by atoms with Crippen LogP contribution in [0.2, 0.25) is 0 Å². The molecule has 1 rings (SSSR count). The third kappa shape index (κ3) is 3.31. The Bertz CT molecular complexity index is 376. The van der Waals surface area contributed by atoms with Crippen LogP contribution in [0.1, 0.15) is 10.5 Å². The Morgan fingerprint density at radius 2 is 2.38 bits per heavy atom. The molecule has 0 unspecified atom stereocenters. The van der Waals surface area contributed by atoms with E-state index in [2.05, 4.69) is 15.6 Å². The van der Waals surface area contributed by atoms with Gasteiger partial charge >= 0.3 is 5.97 Å². The Morgan fingerprint density at radius 1 is 1.62 bits per heavy atom. The van der Waals surface area contributed by atoms with E-state index in [9.17, 15) is 9.59 Å².